The van der Waals surface area contributed by atoms with Crippen LogP contribution in [0.5, 0.6) is 11.5 Å². The summed E-state index contributed by atoms with van der Waals surface area (Å²) in [4.78, 5) is 30.9. The number of amides is 2. The number of nitrogens with zero attached hydrogens (tertiary/aromatic N) is 2. The average Bonchev–Trinajstić information content (AvgIpc) is 3.20. The predicted molar refractivity (Wildman–Crippen MR) is 164 cm³/mol. The maximum atomic E-state index is 13.6. The normalized spacial score (nSPS) is 13.7. The zero-order valence-electron chi connectivity index (χ0n) is 23.4. The van der Waals surface area contributed by atoms with E-state index in [9.17, 15) is 9.59 Å². The molecule has 2 amide bonds. The van der Waals surface area contributed by atoms with Gasteiger partial charge in [-0.1, -0.05) is 84.2 Å². The summed E-state index contributed by atoms with van der Waals surface area (Å²) in [5.41, 5.74) is 1.12. The number of unbranched alkanes of at least 4 members (excludes halogenated alkanes) is 6. The van der Waals surface area contributed by atoms with Crippen molar-refractivity contribution in [2.45, 2.75) is 71.6 Å². The molecule has 1 fully saturated rings. The van der Waals surface area contributed by atoms with Crippen molar-refractivity contribution in [3.63, 3.8) is 0 Å². The Morgan fingerprint density at radius 1 is 0.667 bits per heavy atom. The van der Waals surface area contributed by atoms with Crippen LogP contribution in [-0.4, -0.2) is 61.0 Å². The van der Waals surface area contributed by atoms with E-state index in [0.29, 0.717) is 68.4 Å². The second kappa shape index (κ2) is 16.9. The maximum Gasteiger partial charge on any atom is 0.257 e. The third kappa shape index (κ3) is 9.82. The minimum atomic E-state index is -0.0623. The third-order valence-electron chi connectivity index (χ3n) is 6.93. The molecule has 39 heavy (non-hydrogen) atoms. The van der Waals surface area contributed by atoms with Gasteiger partial charge in [-0.15, -0.1) is 0 Å². The Morgan fingerprint density at radius 2 is 1.10 bits per heavy atom. The molecule has 0 radical (unpaired) electrons. The zero-order valence-corrected chi connectivity index (χ0v) is 26.5. The summed E-state index contributed by atoms with van der Waals surface area (Å²) < 4.78 is 13.7. The first-order valence-electron chi connectivity index (χ1n) is 14.4. The van der Waals surface area contributed by atoms with Gasteiger partial charge in [-0.25, -0.2) is 0 Å². The highest BCUT2D eigenvalue weighted by Crippen LogP contribution is 2.28. The fourth-order valence-corrected chi connectivity index (χ4v) is 5.40. The fourth-order valence-electron chi connectivity index (χ4n) is 4.68. The van der Waals surface area contributed by atoms with Gasteiger partial charge in [0.25, 0.3) is 11.8 Å². The monoisotopic (exact) mass is 664 g/mol. The van der Waals surface area contributed by atoms with E-state index in [1.807, 2.05) is 46.2 Å². The van der Waals surface area contributed by atoms with Gasteiger partial charge in [0.05, 0.1) is 24.3 Å². The van der Waals surface area contributed by atoms with Crippen molar-refractivity contribution < 1.29 is 19.1 Å². The quantitative estimate of drug-likeness (QED) is 0.191. The van der Waals surface area contributed by atoms with Crippen molar-refractivity contribution in [3.05, 3.63) is 56.5 Å². The van der Waals surface area contributed by atoms with E-state index >= 15 is 0 Å². The van der Waals surface area contributed by atoms with E-state index in [-0.39, 0.29) is 11.8 Å². The number of benzene rings is 2. The molecule has 6 nitrogen and oxygen atoms in total. The Bertz CT molecular complexity index is 995. The first kappa shape index (κ1) is 31.5. The number of carbonyl (C=O) groups is 2. The van der Waals surface area contributed by atoms with Gasteiger partial charge in [-0.3, -0.25) is 9.59 Å². The molecule has 1 heterocycles. The van der Waals surface area contributed by atoms with Crippen molar-refractivity contribution in [3.8, 4) is 11.5 Å². The van der Waals surface area contributed by atoms with Gasteiger partial charge in [0, 0.05) is 35.1 Å². The van der Waals surface area contributed by atoms with Gasteiger partial charge < -0.3 is 19.3 Å². The number of hydrogen-bond donors (Lipinski definition) is 0. The van der Waals surface area contributed by atoms with Crippen LogP contribution >= 0.6 is 31.9 Å². The topological polar surface area (TPSA) is 59.1 Å². The van der Waals surface area contributed by atoms with E-state index in [4.69, 9.17) is 9.47 Å². The standard InChI is InChI=1S/C31H42Br2N2O4/c1-3-5-7-9-20-38-28-14-12-24(32)22-26(28)30(36)34-16-11-17-35(19-18-34)31(37)27-23-25(33)13-15-29(27)39-21-10-8-6-4-2/h12-15,22-23H,3-11,16-21H2,1-2H3. The van der Waals surface area contributed by atoms with E-state index in [0.717, 1.165) is 34.6 Å². The molecular weight excluding hydrogens is 624 g/mol. The number of carbonyl (C=O) groups excluding carboxylic acids is 2. The molecule has 214 valence electrons. The molecule has 3 rings (SSSR count). The SMILES string of the molecule is CCCCCCOc1ccc(Br)cc1C(=O)N1CCCN(C(=O)c2cc(Br)ccc2OCCCCCC)CC1. The summed E-state index contributed by atoms with van der Waals surface area (Å²) in [7, 11) is 0. The predicted octanol–water partition coefficient (Wildman–Crippen LogP) is 8.12. The lowest BCUT2D eigenvalue weighted by Crippen LogP contribution is -2.37. The van der Waals surface area contributed by atoms with Gasteiger partial charge in [-0.2, -0.15) is 0 Å². The molecule has 0 bridgehead atoms. The molecule has 0 unspecified atom stereocenters. The fraction of sp³-hybridized carbons (Fsp3) is 0.548. The van der Waals surface area contributed by atoms with Crippen LogP contribution in [0.25, 0.3) is 0 Å². The van der Waals surface area contributed by atoms with Crippen molar-refractivity contribution >= 4 is 43.7 Å². The largest absolute Gasteiger partial charge is 0.493 e. The molecule has 0 aromatic heterocycles. The van der Waals surface area contributed by atoms with Crippen LogP contribution in [-0.2, 0) is 0 Å². The molecule has 0 spiro atoms. The van der Waals surface area contributed by atoms with Gasteiger partial charge in [-0.05, 0) is 55.7 Å². The van der Waals surface area contributed by atoms with Crippen molar-refractivity contribution in [1.29, 1.82) is 0 Å². The van der Waals surface area contributed by atoms with Gasteiger partial charge in [0.15, 0.2) is 0 Å². The van der Waals surface area contributed by atoms with Crippen LogP contribution in [0.1, 0.15) is 92.4 Å². The van der Waals surface area contributed by atoms with E-state index in [2.05, 4.69) is 45.7 Å². The highest BCUT2D eigenvalue weighted by molar-refractivity contribution is 9.10. The van der Waals surface area contributed by atoms with Crippen LogP contribution in [0.3, 0.4) is 0 Å². The van der Waals surface area contributed by atoms with Crippen molar-refractivity contribution in [1.82, 2.24) is 9.80 Å². The van der Waals surface area contributed by atoms with E-state index in [1.54, 1.807) is 0 Å². The summed E-state index contributed by atoms with van der Waals surface area (Å²) in [5, 5.41) is 0. The summed E-state index contributed by atoms with van der Waals surface area (Å²) in [6, 6.07) is 11.2. The number of ether oxygens (including phenoxy) is 2. The van der Waals surface area contributed by atoms with Crippen molar-refractivity contribution in [2.75, 3.05) is 39.4 Å². The lowest BCUT2D eigenvalue weighted by atomic mass is 10.1. The van der Waals surface area contributed by atoms with Crippen LogP contribution in [0.2, 0.25) is 0 Å². The molecule has 2 aromatic carbocycles. The zero-order chi connectivity index (χ0) is 28.0. The molecule has 0 atom stereocenters. The van der Waals surface area contributed by atoms with Crippen LogP contribution in [0.4, 0.5) is 0 Å². The maximum absolute atomic E-state index is 13.6. The van der Waals surface area contributed by atoms with Crippen LogP contribution in [0, 0.1) is 0 Å². The summed E-state index contributed by atoms with van der Waals surface area (Å²) in [6.07, 6.45) is 9.61. The van der Waals surface area contributed by atoms with E-state index < -0.39 is 0 Å². The molecule has 1 saturated heterocycles. The first-order valence-corrected chi connectivity index (χ1v) is 16.0. The van der Waals surface area contributed by atoms with Crippen molar-refractivity contribution in [2.24, 2.45) is 0 Å². The second-order valence-corrected chi connectivity index (χ2v) is 11.9. The average molecular weight is 666 g/mol. The van der Waals surface area contributed by atoms with Crippen LogP contribution < -0.4 is 9.47 Å². The summed E-state index contributed by atoms with van der Waals surface area (Å²) in [5.74, 6) is 1.11. The Hall–Kier alpha value is -2.06. The lowest BCUT2D eigenvalue weighted by molar-refractivity contribution is 0.0713. The molecule has 0 saturated carbocycles. The highest BCUT2D eigenvalue weighted by atomic mass is 79.9. The smallest absolute Gasteiger partial charge is 0.257 e. The molecule has 0 N–H and O–H groups in total. The second-order valence-electron chi connectivity index (χ2n) is 10.0. The highest BCUT2D eigenvalue weighted by Gasteiger charge is 2.27. The van der Waals surface area contributed by atoms with Gasteiger partial charge >= 0.3 is 0 Å². The Labute approximate surface area is 250 Å². The first-order chi connectivity index (χ1) is 18.9. The molecule has 0 aliphatic carbocycles. The lowest BCUT2D eigenvalue weighted by Gasteiger charge is -2.24. The Balaban J connectivity index is 1.65. The van der Waals surface area contributed by atoms with Gasteiger partial charge in [0.2, 0.25) is 0 Å². The molecule has 8 heteroatoms. The molecule has 1 aliphatic rings. The Kier molecular flexibility index (Phi) is 13.6. The van der Waals surface area contributed by atoms with E-state index in [1.165, 1.54) is 25.7 Å². The number of halogens is 2. The minimum Gasteiger partial charge on any atom is -0.493 e. The number of rotatable bonds is 14. The summed E-state index contributed by atoms with van der Waals surface area (Å²) in [6.45, 7) is 7.67. The minimum absolute atomic E-state index is 0.0623. The van der Waals surface area contributed by atoms with Crippen LogP contribution in [0.15, 0.2) is 45.3 Å². The van der Waals surface area contributed by atoms with Gasteiger partial charge in [0.1, 0.15) is 11.5 Å². The molecule has 1 aliphatic heterocycles. The summed E-state index contributed by atoms with van der Waals surface area (Å²) >= 11 is 7.02. The Morgan fingerprint density at radius 3 is 1.51 bits per heavy atom. The third-order valence-corrected chi connectivity index (χ3v) is 7.91. The molecule has 2 aromatic rings. The molecular formula is C31H42Br2N2O4. The number of hydrogen-bond acceptors (Lipinski definition) is 4.